The summed E-state index contributed by atoms with van der Waals surface area (Å²) in [4.78, 5) is 14.2. The van der Waals surface area contributed by atoms with Crippen molar-refractivity contribution in [3.63, 3.8) is 0 Å². The molecule has 0 N–H and O–H groups in total. The molecule has 3 aromatic rings. The Kier molecular flexibility index (Phi) is 5.36. The van der Waals surface area contributed by atoms with Crippen LogP contribution in [0.3, 0.4) is 0 Å². The van der Waals surface area contributed by atoms with Crippen molar-refractivity contribution in [2.24, 2.45) is 0 Å². The standard InChI is InChI=1S/C19H15ClFNO3/c20-17-11-14(5-7-18(17)21)6-8-19(23)22(12-15-3-1-9-24-15)13-16-4-2-10-25-16/h1-11H,12-13H2. The van der Waals surface area contributed by atoms with Crippen molar-refractivity contribution in [1.82, 2.24) is 4.90 Å². The van der Waals surface area contributed by atoms with E-state index < -0.39 is 5.82 Å². The normalized spacial score (nSPS) is 11.1. The summed E-state index contributed by atoms with van der Waals surface area (Å²) in [6.07, 6.45) is 6.11. The van der Waals surface area contributed by atoms with Gasteiger partial charge in [-0.1, -0.05) is 17.7 Å². The first-order valence-corrected chi connectivity index (χ1v) is 7.96. The van der Waals surface area contributed by atoms with Crippen LogP contribution in [0, 0.1) is 5.82 Å². The van der Waals surface area contributed by atoms with E-state index >= 15 is 0 Å². The van der Waals surface area contributed by atoms with Crippen molar-refractivity contribution in [3.05, 3.63) is 89.0 Å². The third kappa shape index (κ3) is 4.61. The van der Waals surface area contributed by atoms with Crippen LogP contribution in [0.15, 0.2) is 69.9 Å². The van der Waals surface area contributed by atoms with Crippen LogP contribution >= 0.6 is 11.6 Å². The Hall–Kier alpha value is -2.79. The van der Waals surface area contributed by atoms with Gasteiger partial charge >= 0.3 is 0 Å². The van der Waals surface area contributed by atoms with Crippen LogP contribution in [0.2, 0.25) is 5.02 Å². The minimum absolute atomic E-state index is 0.0117. The molecule has 0 bridgehead atoms. The lowest BCUT2D eigenvalue weighted by molar-refractivity contribution is -0.127. The van der Waals surface area contributed by atoms with Crippen molar-refractivity contribution in [2.45, 2.75) is 13.1 Å². The van der Waals surface area contributed by atoms with E-state index in [1.807, 2.05) is 0 Å². The number of halogens is 2. The Labute approximate surface area is 149 Å². The van der Waals surface area contributed by atoms with Crippen LogP contribution in [-0.2, 0) is 17.9 Å². The number of amides is 1. The molecule has 0 aliphatic carbocycles. The van der Waals surface area contributed by atoms with Crippen molar-refractivity contribution in [3.8, 4) is 0 Å². The average molecular weight is 360 g/mol. The molecular formula is C19H15ClFNO3. The molecule has 4 nitrogen and oxygen atoms in total. The van der Waals surface area contributed by atoms with Gasteiger partial charge in [-0.3, -0.25) is 4.79 Å². The van der Waals surface area contributed by atoms with Gasteiger partial charge in [-0.15, -0.1) is 0 Å². The van der Waals surface area contributed by atoms with E-state index in [-0.39, 0.29) is 10.9 Å². The highest BCUT2D eigenvalue weighted by atomic mass is 35.5. The summed E-state index contributed by atoms with van der Waals surface area (Å²) in [7, 11) is 0. The second kappa shape index (κ2) is 7.85. The lowest BCUT2D eigenvalue weighted by Gasteiger charge is -2.18. The second-order valence-electron chi connectivity index (χ2n) is 5.36. The van der Waals surface area contributed by atoms with Gasteiger partial charge in [0.1, 0.15) is 17.3 Å². The van der Waals surface area contributed by atoms with Crippen molar-refractivity contribution < 1.29 is 18.0 Å². The van der Waals surface area contributed by atoms with E-state index in [1.165, 1.54) is 18.2 Å². The number of hydrogen-bond donors (Lipinski definition) is 0. The van der Waals surface area contributed by atoms with Gasteiger partial charge in [0, 0.05) is 6.08 Å². The fourth-order valence-corrected chi connectivity index (χ4v) is 2.47. The summed E-state index contributed by atoms with van der Waals surface area (Å²) in [6.45, 7) is 0.613. The van der Waals surface area contributed by atoms with Crippen molar-refractivity contribution >= 4 is 23.6 Å². The quantitative estimate of drug-likeness (QED) is 0.588. The molecular weight excluding hydrogens is 345 g/mol. The molecule has 0 fully saturated rings. The first-order valence-electron chi connectivity index (χ1n) is 7.58. The minimum atomic E-state index is -0.498. The predicted octanol–water partition coefficient (Wildman–Crippen LogP) is 4.91. The maximum atomic E-state index is 13.2. The molecule has 0 radical (unpaired) electrons. The number of carbonyl (C=O) groups is 1. The van der Waals surface area contributed by atoms with Gasteiger partial charge in [0.2, 0.25) is 5.91 Å². The molecule has 0 atom stereocenters. The smallest absolute Gasteiger partial charge is 0.247 e. The van der Waals surface area contributed by atoms with Crippen molar-refractivity contribution in [1.29, 1.82) is 0 Å². The molecule has 25 heavy (non-hydrogen) atoms. The second-order valence-corrected chi connectivity index (χ2v) is 5.77. The Morgan fingerprint density at radius 3 is 2.24 bits per heavy atom. The topological polar surface area (TPSA) is 46.6 Å². The molecule has 128 valence electrons. The van der Waals surface area contributed by atoms with E-state index in [2.05, 4.69) is 0 Å². The molecule has 6 heteroatoms. The Morgan fingerprint density at radius 2 is 1.72 bits per heavy atom. The Bertz CT molecular complexity index is 821. The summed E-state index contributed by atoms with van der Waals surface area (Å²) in [5, 5.41) is 0.0117. The SMILES string of the molecule is O=C(C=Cc1ccc(F)c(Cl)c1)N(Cc1ccco1)Cc1ccco1. The molecule has 0 aliphatic heterocycles. The highest BCUT2D eigenvalue weighted by Gasteiger charge is 2.15. The van der Waals surface area contributed by atoms with E-state index in [4.69, 9.17) is 20.4 Å². The highest BCUT2D eigenvalue weighted by Crippen LogP contribution is 2.17. The monoisotopic (exact) mass is 359 g/mol. The largest absolute Gasteiger partial charge is 0.467 e. The van der Waals surface area contributed by atoms with Crippen molar-refractivity contribution in [2.75, 3.05) is 0 Å². The summed E-state index contributed by atoms with van der Waals surface area (Å²) in [5.41, 5.74) is 0.635. The van der Waals surface area contributed by atoms with Gasteiger partial charge < -0.3 is 13.7 Å². The minimum Gasteiger partial charge on any atom is -0.467 e. The fraction of sp³-hybridized carbons (Fsp3) is 0.105. The zero-order valence-electron chi connectivity index (χ0n) is 13.2. The molecule has 0 unspecified atom stereocenters. The van der Waals surface area contributed by atoms with Crippen LogP contribution in [0.1, 0.15) is 17.1 Å². The molecule has 2 aromatic heterocycles. The number of carbonyl (C=O) groups excluding carboxylic acids is 1. The number of benzene rings is 1. The van der Waals surface area contributed by atoms with E-state index in [1.54, 1.807) is 53.8 Å². The van der Waals surface area contributed by atoms with Crippen LogP contribution in [0.5, 0.6) is 0 Å². The van der Waals surface area contributed by atoms with Gasteiger partial charge in [-0.25, -0.2) is 4.39 Å². The number of rotatable bonds is 6. The fourth-order valence-electron chi connectivity index (χ4n) is 2.28. The number of hydrogen-bond acceptors (Lipinski definition) is 3. The molecule has 0 saturated heterocycles. The Morgan fingerprint density at radius 1 is 1.08 bits per heavy atom. The molecule has 1 aromatic carbocycles. The van der Waals surface area contributed by atoms with Gasteiger partial charge in [0.05, 0.1) is 30.6 Å². The van der Waals surface area contributed by atoms with Gasteiger partial charge in [-0.05, 0) is 48.0 Å². The zero-order valence-corrected chi connectivity index (χ0v) is 13.9. The van der Waals surface area contributed by atoms with Gasteiger partial charge in [-0.2, -0.15) is 0 Å². The average Bonchev–Trinajstić information content (AvgIpc) is 3.29. The third-order valence-corrected chi connectivity index (χ3v) is 3.82. The van der Waals surface area contributed by atoms with Crippen LogP contribution < -0.4 is 0 Å². The summed E-state index contributed by atoms with van der Waals surface area (Å²) < 4.78 is 23.8. The molecule has 0 aliphatic rings. The van der Waals surface area contributed by atoms with Gasteiger partial charge in [0.25, 0.3) is 0 Å². The molecule has 2 heterocycles. The molecule has 3 rings (SSSR count). The summed E-state index contributed by atoms with van der Waals surface area (Å²) in [5.74, 6) is 0.604. The van der Waals surface area contributed by atoms with Crippen LogP contribution in [0.25, 0.3) is 6.08 Å². The summed E-state index contributed by atoms with van der Waals surface area (Å²) in [6, 6.07) is 11.4. The molecule has 1 amide bonds. The first-order chi connectivity index (χ1) is 12.1. The molecule has 0 saturated carbocycles. The first kappa shape index (κ1) is 17.0. The van der Waals surface area contributed by atoms with Crippen LogP contribution in [-0.4, -0.2) is 10.8 Å². The number of furan rings is 2. The maximum absolute atomic E-state index is 13.2. The summed E-state index contributed by atoms with van der Waals surface area (Å²) >= 11 is 5.75. The zero-order chi connectivity index (χ0) is 17.6. The lowest BCUT2D eigenvalue weighted by atomic mass is 10.2. The van der Waals surface area contributed by atoms with E-state index in [0.29, 0.717) is 30.2 Å². The predicted molar refractivity (Wildman–Crippen MR) is 92.1 cm³/mol. The Balaban J connectivity index is 1.75. The maximum Gasteiger partial charge on any atom is 0.247 e. The van der Waals surface area contributed by atoms with Crippen LogP contribution in [0.4, 0.5) is 4.39 Å². The third-order valence-electron chi connectivity index (χ3n) is 3.53. The van der Waals surface area contributed by atoms with E-state index in [0.717, 1.165) is 0 Å². The number of nitrogens with zero attached hydrogens (tertiary/aromatic N) is 1. The van der Waals surface area contributed by atoms with Gasteiger partial charge in [0.15, 0.2) is 0 Å². The lowest BCUT2D eigenvalue weighted by Crippen LogP contribution is -2.28. The molecule has 0 spiro atoms. The highest BCUT2D eigenvalue weighted by molar-refractivity contribution is 6.30. The van der Waals surface area contributed by atoms with E-state index in [9.17, 15) is 9.18 Å².